The maximum atomic E-state index is 12.5. The summed E-state index contributed by atoms with van der Waals surface area (Å²) in [7, 11) is -3.78. The molecule has 23 heavy (non-hydrogen) atoms. The van der Waals surface area contributed by atoms with Gasteiger partial charge in [-0.1, -0.05) is 23.7 Å². The van der Waals surface area contributed by atoms with Gasteiger partial charge in [-0.25, -0.2) is 18.6 Å². The van der Waals surface area contributed by atoms with Crippen molar-refractivity contribution in [3.8, 4) is 0 Å². The Morgan fingerprint density at radius 1 is 1.39 bits per heavy atom. The van der Waals surface area contributed by atoms with E-state index < -0.39 is 27.3 Å². The Morgan fingerprint density at radius 2 is 2.13 bits per heavy atom. The Hall–Kier alpha value is -1.19. The summed E-state index contributed by atoms with van der Waals surface area (Å²) in [6, 6.07) is 6.53. The smallest absolute Gasteiger partial charge is 0.313 e. The average molecular weight is 362 g/mol. The van der Waals surface area contributed by atoms with Crippen LogP contribution in [0, 0.1) is 5.92 Å². The first-order valence-corrected chi connectivity index (χ1v) is 9.18. The minimum atomic E-state index is -3.78. The number of sulfonamides is 1. The highest BCUT2D eigenvalue weighted by atomic mass is 35.5. The van der Waals surface area contributed by atoms with Crippen molar-refractivity contribution in [1.29, 1.82) is 0 Å². The van der Waals surface area contributed by atoms with Gasteiger partial charge >= 0.3 is 5.97 Å². The monoisotopic (exact) mass is 361 g/mol. The van der Waals surface area contributed by atoms with Crippen LogP contribution in [0.5, 0.6) is 0 Å². The molecule has 0 aliphatic carbocycles. The molecule has 0 bridgehead atoms. The highest BCUT2D eigenvalue weighted by Crippen LogP contribution is 2.21. The van der Waals surface area contributed by atoms with E-state index in [0.717, 1.165) is 5.56 Å². The fourth-order valence-corrected chi connectivity index (χ4v) is 4.13. The van der Waals surface area contributed by atoms with Gasteiger partial charge in [0.15, 0.2) is 5.37 Å². The molecule has 1 heterocycles. The fourth-order valence-electron chi connectivity index (χ4n) is 2.41. The zero-order valence-electron chi connectivity index (χ0n) is 12.9. The standard InChI is InChI=1S/C14H20ClN3O4S/c1-3-22-14(19)12-9(2)17-18-13(12)23(20,21)16-8-10-5-4-6-11(15)7-10/h4-7,9,12-13,16-18H,3,8H2,1-2H3. The molecule has 1 aliphatic heterocycles. The number of nitrogens with one attached hydrogen (secondary N) is 3. The second kappa shape index (κ2) is 7.59. The summed E-state index contributed by atoms with van der Waals surface area (Å²) in [4.78, 5) is 12.0. The van der Waals surface area contributed by atoms with Gasteiger partial charge in [-0.05, 0) is 31.5 Å². The molecule has 1 aromatic rings. The van der Waals surface area contributed by atoms with Gasteiger partial charge in [-0.15, -0.1) is 0 Å². The lowest BCUT2D eigenvalue weighted by atomic mass is 10.0. The van der Waals surface area contributed by atoms with E-state index in [1.165, 1.54) is 0 Å². The number of esters is 1. The number of ether oxygens (including phenoxy) is 1. The van der Waals surface area contributed by atoms with Crippen LogP contribution in [0.2, 0.25) is 5.02 Å². The van der Waals surface area contributed by atoms with Crippen LogP contribution >= 0.6 is 11.6 Å². The van der Waals surface area contributed by atoms with E-state index in [0.29, 0.717) is 5.02 Å². The summed E-state index contributed by atoms with van der Waals surface area (Å²) in [6.45, 7) is 3.69. The second-order valence-corrected chi connectivity index (χ2v) is 7.59. The van der Waals surface area contributed by atoms with Crippen molar-refractivity contribution in [2.45, 2.75) is 31.8 Å². The second-order valence-electron chi connectivity index (χ2n) is 5.27. The summed E-state index contributed by atoms with van der Waals surface area (Å²) >= 11 is 5.88. The summed E-state index contributed by atoms with van der Waals surface area (Å²) in [5, 5.41) is -0.573. The number of hydrogen-bond acceptors (Lipinski definition) is 6. The number of hydrogen-bond donors (Lipinski definition) is 3. The molecule has 0 amide bonds. The van der Waals surface area contributed by atoms with Crippen LogP contribution in [-0.4, -0.2) is 32.4 Å². The molecule has 1 aromatic carbocycles. The van der Waals surface area contributed by atoms with E-state index in [2.05, 4.69) is 15.6 Å². The van der Waals surface area contributed by atoms with Crippen LogP contribution in [0.25, 0.3) is 0 Å². The molecule has 0 radical (unpaired) electrons. The molecule has 1 fully saturated rings. The molecule has 9 heteroatoms. The molecule has 7 nitrogen and oxygen atoms in total. The third-order valence-corrected chi connectivity index (χ3v) is 5.44. The summed E-state index contributed by atoms with van der Waals surface area (Å²) < 4.78 is 32.5. The Kier molecular flexibility index (Phi) is 5.99. The highest BCUT2D eigenvalue weighted by molar-refractivity contribution is 7.90. The minimum absolute atomic E-state index is 0.0883. The lowest BCUT2D eigenvalue weighted by Crippen LogP contribution is -2.47. The van der Waals surface area contributed by atoms with Gasteiger partial charge in [0, 0.05) is 17.6 Å². The molecule has 2 rings (SSSR count). The Bertz CT molecular complexity index is 668. The molecular formula is C14H20ClN3O4S. The third-order valence-electron chi connectivity index (χ3n) is 3.58. The molecule has 0 spiro atoms. The van der Waals surface area contributed by atoms with Gasteiger partial charge in [0.2, 0.25) is 10.0 Å². The molecule has 3 N–H and O–H groups in total. The summed E-state index contributed by atoms with van der Waals surface area (Å²) in [5.74, 6) is -1.37. The third kappa shape index (κ3) is 4.42. The fraction of sp³-hybridized carbons (Fsp3) is 0.500. The van der Waals surface area contributed by atoms with Crippen molar-refractivity contribution in [1.82, 2.24) is 15.6 Å². The van der Waals surface area contributed by atoms with E-state index >= 15 is 0 Å². The summed E-state index contributed by atoms with van der Waals surface area (Å²) in [5.41, 5.74) is 6.17. The number of carbonyl (C=O) groups excluding carboxylic acids is 1. The van der Waals surface area contributed by atoms with Crippen LogP contribution in [0.15, 0.2) is 24.3 Å². The maximum Gasteiger partial charge on any atom is 0.313 e. The molecule has 128 valence electrons. The molecule has 3 unspecified atom stereocenters. The van der Waals surface area contributed by atoms with Crippen molar-refractivity contribution < 1.29 is 17.9 Å². The Morgan fingerprint density at radius 3 is 2.78 bits per heavy atom. The van der Waals surface area contributed by atoms with E-state index in [1.54, 1.807) is 38.1 Å². The van der Waals surface area contributed by atoms with Crippen molar-refractivity contribution in [2.75, 3.05) is 6.61 Å². The van der Waals surface area contributed by atoms with Gasteiger partial charge in [-0.3, -0.25) is 10.2 Å². The first-order valence-electron chi connectivity index (χ1n) is 7.25. The van der Waals surface area contributed by atoms with Gasteiger partial charge in [0.1, 0.15) is 5.92 Å². The SMILES string of the molecule is CCOC(=O)C1C(C)NNC1S(=O)(=O)NCc1cccc(Cl)c1. The zero-order valence-corrected chi connectivity index (χ0v) is 14.4. The van der Waals surface area contributed by atoms with Gasteiger partial charge in [0.25, 0.3) is 0 Å². The molecule has 1 aliphatic rings. The van der Waals surface area contributed by atoms with Crippen LogP contribution < -0.4 is 15.6 Å². The minimum Gasteiger partial charge on any atom is -0.466 e. The number of benzene rings is 1. The number of carbonyl (C=O) groups is 1. The first-order chi connectivity index (χ1) is 10.8. The quantitative estimate of drug-likeness (QED) is 0.647. The van der Waals surface area contributed by atoms with Crippen molar-refractivity contribution in [3.05, 3.63) is 34.9 Å². The molecule has 3 atom stereocenters. The van der Waals surface area contributed by atoms with Crippen molar-refractivity contribution in [2.24, 2.45) is 5.92 Å². The Labute approximate surface area is 140 Å². The maximum absolute atomic E-state index is 12.5. The predicted octanol–water partition coefficient (Wildman–Crippen LogP) is 0.761. The van der Waals surface area contributed by atoms with E-state index in [4.69, 9.17) is 16.3 Å². The molecule has 1 saturated heterocycles. The van der Waals surface area contributed by atoms with Crippen LogP contribution in [0.4, 0.5) is 0 Å². The normalized spacial score (nSPS) is 24.6. The molecule has 0 aromatic heterocycles. The van der Waals surface area contributed by atoms with Gasteiger partial charge in [0.05, 0.1) is 6.61 Å². The van der Waals surface area contributed by atoms with Crippen LogP contribution in [0.1, 0.15) is 19.4 Å². The Balaban J connectivity index is 2.10. The van der Waals surface area contributed by atoms with E-state index in [1.807, 2.05) is 0 Å². The lowest BCUT2D eigenvalue weighted by Gasteiger charge is -2.20. The molecule has 0 saturated carbocycles. The highest BCUT2D eigenvalue weighted by Gasteiger charge is 2.46. The number of halogens is 1. The predicted molar refractivity (Wildman–Crippen MR) is 86.9 cm³/mol. The zero-order chi connectivity index (χ0) is 17.0. The average Bonchev–Trinajstić information content (AvgIpc) is 2.88. The van der Waals surface area contributed by atoms with E-state index in [-0.39, 0.29) is 19.2 Å². The topological polar surface area (TPSA) is 96.5 Å². The summed E-state index contributed by atoms with van der Waals surface area (Å²) in [6.07, 6.45) is 0. The number of hydrazine groups is 1. The van der Waals surface area contributed by atoms with Gasteiger partial charge < -0.3 is 4.74 Å². The number of rotatable bonds is 6. The molecular weight excluding hydrogens is 342 g/mol. The first kappa shape index (κ1) is 18.2. The lowest BCUT2D eigenvalue weighted by molar-refractivity contribution is -0.148. The largest absolute Gasteiger partial charge is 0.466 e. The van der Waals surface area contributed by atoms with Crippen LogP contribution in [-0.2, 0) is 26.1 Å². The van der Waals surface area contributed by atoms with Crippen molar-refractivity contribution in [3.63, 3.8) is 0 Å². The van der Waals surface area contributed by atoms with E-state index in [9.17, 15) is 13.2 Å². The van der Waals surface area contributed by atoms with Gasteiger partial charge in [-0.2, -0.15) is 0 Å². The van der Waals surface area contributed by atoms with Crippen molar-refractivity contribution >= 4 is 27.6 Å². The van der Waals surface area contributed by atoms with Crippen LogP contribution in [0.3, 0.4) is 0 Å².